The molecule has 1 aliphatic heterocycles. The van der Waals surface area contributed by atoms with Crippen molar-refractivity contribution in [3.63, 3.8) is 0 Å². The largest absolute Gasteiger partial charge is 0.491 e. The first-order chi connectivity index (χ1) is 13.6. The summed E-state index contributed by atoms with van der Waals surface area (Å²) in [4.78, 5) is 4.24. The topological polar surface area (TPSA) is 30.8 Å². The molecule has 0 saturated heterocycles. The molecule has 142 valence electrons. The van der Waals surface area contributed by atoms with Gasteiger partial charge in [0.2, 0.25) is 5.90 Å². The second-order valence-corrected chi connectivity index (χ2v) is 6.78. The molecular weight excluding hydrogens is 384 g/mol. The third-order valence-corrected chi connectivity index (χ3v) is 4.58. The van der Waals surface area contributed by atoms with Crippen molar-refractivity contribution in [2.24, 2.45) is 4.99 Å². The van der Waals surface area contributed by atoms with Crippen LogP contribution in [0.25, 0.3) is 11.1 Å². The summed E-state index contributed by atoms with van der Waals surface area (Å²) in [6.07, 6.45) is 0. The van der Waals surface area contributed by atoms with Gasteiger partial charge < -0.3 is 9.47 Å². The summed E-state index contributed by atoms with van der Waals surface area (Å²) in [7, 11) is 0. The van der Waals surface area contributed by atoms with Gasteiger partial charge in [-0.15, -0.1) is 0 Å². The third kappa shape index (κ3) is 3.99. The van der Waals surface area contributed by atoms with E-state index in [-0.39, 0.29) is 30.7 Å². The number of benzene rings is 3. The predicted molar refractivity (Wildman–Crippen MR) is 105 cm³/mol. The van der Waals surface area contributed by atoms with Gasteiger partial charge in [0.05, 0.1) is 0 Å². The molecule has 0 bridgehead atoms. The van der Waals surface area contributed by atoms with Crippen molar-refractivity contribution in [2.45, 2.75) is 6.04 Å². The highest BCUT2D eigenvalue weighted by atomic mass is 35.5. The molecule has 1 aliphatic rings. The van der Waals surface area contributed by atoms with E-state index in [4.69, 9.17) is 21.1 Å². The summed E-state index contributed by atoms with van der Waals surface area (Å²) < 4.78 is 38.8. The van der Waals surface area contributed by atoms with Crippen LogP contribution in [0.2, 0.25) is 5.02 Å². The van der Waals surface area contributed by atoms with Gasteiger partial charge in [-0.2, -0.15) is 0 Å². The maximum atomic E-state index is 13.8. The molecule has 0 saturated carbocycles. The molecule has 0 fully saturated rings. The smallest absolute Gasteiger partial charge is 0.222 e. The highest BCUT2D eigenvalue weighted by Gasteiger charge is 2.25. The Hall–Kier alpha value is -2.92. The van der Waals surface area contributed by atoms with Crippen LogP contribution in [0, 0.1) is 11.6 Å². The Labute approximate surface area is 166 Å². The Morgan fingerprint density at radius 3 is 2.39 bits per heavy atom. The van der Waals surface area contributed by atoms with Gasteiger partial charge in [-0.25, -0.2) is 13.8 Å². The highest BCUT2D eigenvalue weighted by molar-refractivity contribution is 6.30. The summed E-state index contributed by atoms with van der Waals surface area (Å²) in [6, 6.07) is 18.5. The number of ether oxygens (including phenoxy) is 2. The molecule has 0 aromatic heterocycles. The van der Waals surface area contributed by atoms with E-state index in [1.807, 2.05) is 48.5 Å². The van der Waals surface area contributed by atoms with Gasteiger partial charge in [0.25, 0.3) is 0 Å². The van der Waals surface area contributed by atoms with Crippen molar-refractivity contribution in [3.8, 4) is 16.9 Å². The summed E-state index contributed by atoms with van der Waals surface area (Å²) in [5.41, 5.74) is 1.80. The number of halogens is 3. The second kappa shape index (κ2) is 7.98. The zero-order valence-electron chi connectivity index (χ0n) is 14.7. The molecule has 0 radical (unpaired) electrons. The molecular formula is C22H16ClF2NO2. The van der Waals surface area contributed by atoms with Gasteiger partial charge in [0, 0.05) is 5.02 Å². The molecule has 3 nitrogen and oxygen atoms in total. The molecule has 0 spiro atoms. The lowest BCUT2D eigenvalue weighted by molar-refractivity contribution is 0.242. The number of rotatable bonds is 5. The number of aliphatic imine (C=N–C) groups is 1. The van der Waals surface area contributed by atoms with E-state index in [1.165, 1.54) is 18.2 Å². The van der Waals surface area contributed by atoms with E-state index >= 15 is 0 Å². The zero-order valence-corrected chi connectivity index (χ0v) is 15.5. The summed E-state index contributed by atoms with van der Waals surface area (Å²) in [5, 5.41) is 0.680. The molecule has 3 aromatic rings. The Kier molecular flexibility index (Phi) is 5.26. The van der Waals surface area contributed by atoms with Crippen LogP contribution in [0.5, 0.6) is 5.75 Å². The normalized spacial score (nSPS) is 15.8. The van der Waals surface area contributed by atoms with Crippen molar-refractivity contribution in [1.29, 1.82) is 0 Å². The summed E-state index contributed by atoms with van der Waals surface area (Å²) in [6.45, 7) is 0.458. The second-order valence-electron chi connectivity index (χ2n) is 6.34. The molecule has 4 rings (SSSR count). The fourth-order valence-electron chi connectivity index (χ4n) is 2.94. The first-order valence-electron chi connectivity index (χ1n) is 8.74. The zero-order chi connectivity index (χ0) is 19.5. The lowest BCUT2D eigenvalue weighted by atomic mass is 10.1. The van der Waals surface area contributed by atoms with Crippen LogP contribution < -0.4 is 4.74 Å². The van der Waals surface area contributed by atoms with E-state index in [9.17, 15) is 8.78 Å². The molecule has 6 heteroatoms. The quantitative estimate of drug-likeness (QED) is 0.566. The van der Waals surface area contributed by atoms with Crippen LogP contribution in [-0.2, 0) is 4.74 Å². The maximum Gasteiger partial charge on any atom is 0.222 e. The Morgan fingerprint density at radius 2 is 1.68 bits per heavy atom. The van der Waals surface area contributed by atoms with E-state index in [0.717, 1.165) is 11.1 Å². The average Bonchev–Trinajstić information content (AvgIpc) is 3.15. The Bertz CT molecular complexity index is 1000. The van der Waals surface area contributed by atoms with Crippen molar-refractivity contribution in [3.05, 3.63) is 89.0 Å². The minimum absolute atomic E-state index is 0.0273. The van der Waals surface area contributed by atoms with Crippen LogP contribution in [0.4, 0.5) is 8.78 Å². The van der Waals surface area contributed by atoms with Gasteiger partial charge in [0.1, 0.15) is 42.2 Å². The fraction of sp³-hybridized carbons (Fsp3) is 0.136. The SMILES string of the molecule is Fc1cccc(F)c1C1=NC(COc2ccc(-c3cccc(Cl)c3)cc2)CO1. The fourth-order valence-corrected chi connectivity index (χ4v) is 3.13. The van der Waals surface area contributed by atoms with Crippen molar-refractivity contribution in [1.82, 2.24) is 0 Å². The van der Waals surface area contributed by atoms with Crippen molar-refractivity contribution in [2.75, 3.05) is 13.2 Å². The molecule has 0 amide bonds. The minimum Gasteiger partial charge on any atom is -0.491 e. The minimum atomic E-state index is -0.697. The molecule has 1 unspecified atom stereocenters. The molecule has 1 atom stereocenters. The van der Waals surface area contributed by atoms with Crippen LogP contribution in [-0.4, -0.2) is 25.2 Å². The summed E-state index contributed by atoms with van der Waals surface area (Å²) >= 11 is 6.03. The molecule has 1 heterocycles. The first-order valence-corrected chi connectivity index (χ1v) is 9.12. The van der Waals surface area contributed by atoms with Crippen LogP contribution in [0.1, 0.15) is 5.56 Å². The van der Waals surface area contributed by atoms with E-state index in [1.54, 1.807) is 0 Å². The van der Waals surface area contributed by atoms with Crippen LogP contribution in [0.15, 0.2) is 71.7 Å². The molecule has 3 aromatic carbocycles. The third-order valence-electron chi connectivity index (χ3n) is 4.34. The van der Waals surface area contributed by atoms with Gasteiger partial charge in [-0.1, -0.05) is 41.9 Å². The lowest BCUT2D eigenvalue weighted by Gasteiger charge is -2.09. The van der Waals surface area contributed by atoms with E-state index in [0.29, 0.717) is 10.8 Å². The first kappa shape index (κ1) is 18.4. The monoisotopic (exact) mass is 399 g/mol. The standard InChI is InChI=1S/C22H16ClF2NO2/c23-16-4-1-3-15(11-16)14-7-9-18(10-8-14)27-12-17-13-28-22(26-17)21-19(24)5-2-6-20(21)25/h1-11,17H,12-13H2. The maximum absolute atomic E-state index is 13.8. The van der Waals surface area contributed by atoms with Gasteiger partial charge >= 0.3 is 0 Å². The lowest BCUT2D eigenvalue weighted by Crippen LogP contribution is -2.16. The number of hydrogen-bond acceptors (Lipinski definition) is 3. The van der Waals surface area contributed by atoms with Gasteiger partial charge in [0.15, 0.2) is 0 Å². The predicted octanol–water partition coefficient (Wildman–Crippen LogP) is 5.51. The average molecular weight is 400 g/mol. The Morgan fingerprint density at radius 1 is 0.964 bits per heavy atom. The van der Waals surface area contributed by atoms with Crippen LogP contribution >= 0.6 is 11.6 Å². The van der Waals surface area contributed by atoms with Gasteiger partial charge in [-0.3, -0.25) is 0 Å². The number of hydrogen-bond donors (Lipinski definition) is 0. The van der Waals surface area contributed by atoms with Crippen molar-refractivity contribution < 1.29 is 18.3 Å². The van der Waals surface area contributed by atoms with E-state index in [2.05, 4.69) is 4.99 Å². The van der Waals surface area contributed by atoms with Crippen LogP contribution in [0.3, 0.4) is 0 Å². The van der Waals surface area contributed by atoms with Crippen molar-refractivity contribution >= 4 is 17.5 Å². The highest BCUT2D eigenvalue weighted by Crippen LogP contribution is 2.25. The Balaban J connectivity index is 1.41. The number of nitrogens with zero attached hydrogens (tertiary/aromatic N) is 1. The van der Waals surface area contributed by atoms with E-state index < -0.39 is 11.6 Å². The molecule has 28 heavy (non-hydrogen) atoms. The van der Waals surface area contributed by atoms with Gasteiger partial charge in [-0.05, 0) is 47.5 Å². The molecule has 0 N–H and O–H groups in total. The molecule has 0 aliphatic carbocycles. The summed E-state index contributed by atoms with van der Waals surface area (Å²) in [5.74, 6) is -0.749.